The number of phosphoric acid groups is 1. The molecule has 8 rings (SSSR count). The number of rotatable bonds is 8. The van der Waals surface area contributed by atoms with Crippen LogP contribution in [0.2, 0.25) is 0 Å². The van der Waals surface area contributed by atoms with Crippen molar-refractivity contribution in [1.29, 1.82) is 0 Å². The van der Waals surface area contributed by atoms with Gasteiger partial charge in [-0.1, -0.05) is 0 Å². The number of hydrogen-bond acceptors (Lipinski definition) is 21. The Morgan fingerprint density at radius 1 is 1.11 bits per heavy atom. The Bertz CT molecular complexity index is 2360. The molecule has 1 unspecified atom stereocenters. The fourth-order valence-corrected chi connectivity index (χ4v) is 12.0. The summed E-state index contributed by atoms with van der Waals surface area (Å²) in [6.45, 7) is 1.20. The number of fused-ring (bicyclic) bond motifs is 4. The van der Waals surface area contributed by atoms with E-state index in [0.717, 1.165) is 0 Å². The lowest BCUT2D eigenvalue weighted by Gasteiger charge is -2.32. The molecule has 6 heterocycles. The summed E-state index contributed by atoms with van der Waals surface area (Å²) < 4.78 is 80.9. The van der Waals surface area contributed by atoms with Gasteiger partial charge in [-0.25, -0.2) is 29.1 Å². The quantitative estimate of drug-likeness (QED) is 0.112. The van der Waals surface area contributed by atoms with Gasteiger partial charge in [-0.05, 0) is 40.0 Å². The van der Waals surface area contributed by atoms with Crippen LogP contribution in [0.1, 0.15) is 46.4 Å². The van der Waals surface area contributed by atoms with Gasteiger partial charge in [0.05, 0.1) is 43.9 Å². The lowest BCUT2D eigenvalue weighted by molar-refractivity contribution is -0.150. The Morgan fingerprint density at radius 2 is 1.86 bits per heavy atom. The van der Waals surface area contributed by atoms with Crippen molar-refractivity contribution in [2.45, 2.75) is 76.9 Å². The molecule has 2 saturated carbocycles. The van der Waals surface area contributed by atoms with Crippen LogP contribution in [0.25, 0.3) is 22.3 Å². The molecular weight excluding hydrogens is 814 g/mol. The molecule has 0 radical (unpaired) electrons. The van der Waals surface area contributed by atoms with Crippen molar-refractivity contribution < 1.29 is 55.9 Å². The highest BCUT2D eigenvalue weighted by atomic mass is 32.7. The van der Waals surface area contributed by atoms with Crippen LogP contribution in [0.5, 0.6) is 0 Å². The van der Waals surface area contributed by atoms with Crippen LogP contribution >= 0.6 is 26.0 Å². The number of H-pyrrole nitrogens is 1. The van der Waals surface area contributed by atoms with Crippen molar-refractivity contribution in [3.63, 3.8) is 0 Å². The number of hydrogen-bond donors (Lipinski definition) is 4. The lowest BCUT2D eigenvalue weighted by atomic mass is 9.98. The number of nitrogen functional groups attached to an aromatic ring is 2. The Hall–Kier alpha value is -3.54. The molecule has 0 aromatic carbocycles. The average Bonchev–Trinajstić information content (AvgIpc) is 3.44. The second kappa shape index (κ2) is 14.6. The molecule has 2 aliphatic heterocycles. The number of nitrogens with zero attached hydrogens (tertiary/aromatic N) is 7. The molecule has 2 aliphatic carbocycles. The molecule has 4 aromatic heterocycles. The van der Waals surface area contributed by atoms with Crippen LogP contribution in [-0.2, 0) is 50.8 Å². The number of methoxy groups -OCH3 is 1. The zero-order chi connectivity index (χ0) is 40.7. The molecule has 11 atom stereocenters. The first-order valence-electron chi connectivity index (χ1n) is 17.9. The van der Waals surface area contributed by atoms with Gasteiger partial charge in [0.1, 0.15) is 48.3 Å². The minimum Gasteiger partial charge on any atom is -0.454 e. The largest absolute Gasteiger partial charge is 0.475 e. The Kier molecular flexibility index (Phi) is 10.3. The van der Waals surface area contributed by atoms with Gasteiger partial charge in [0.15, 0.2) is 28.9 Å². The summed E-state index contributed by atoms with van der Waals surface area (Å²) in [5, 5.41) is 12.1. The molecule has 4 fully saturated rings. The molecule has 6 N–H and O–H groups in total. The number of anilines is 2. The first kappa shape index (κ1) is 40.2. The van der Waals surface area contributed by atoms with Gasteiger partial charge in [0, 0.05) is 23.9 Å². The summed E-state index contributed by atoms with van der Waals surface area (Å²) in [7, 11) is -3.21. The number of ether oxygens (including phenoxy) is 3. The summed E-state index contributed by atoms with van der Waals surface area (Å²) in [6.07, 6.45) is -3.12. The minimum atomic E-state index is -4.55. The van der Waals surface area contributed by atoms with Crippen molar-refractivity contribution in [2.24, 2.45) is 16.7 Å². The smallest absolute Gasteiger partial charge is 0.454 e. The minimum absolute atomic E-state index is 0.0114. The SMILES string of the molecule is CCO[P@]1(=O)OCC23C[C@@H]2[C@@H](n2cnc4c(N)ncnc42)[C@H](O)[C@@H]3O[P@](=O)(SCOC(=O)C(C)(C)C)OC[C@H]2O[C@@H](n3cnc4c(=O)[nH]c(N)nc43)[C@H](O1)[C@@H]2OC. The van der Waals surface area contributed by atoms with E-state index in [-0.39, 0.29) is 36.1 Å². The van der Waals surface area contributed by atoms with Gasteiger partial charge in [-0.2, -0.15) is 4.98 Å². The maximum absolute atomic E-state index is 15.0. The van der Waals surface area contributed by atoms with Crippen LogP contribution in [-0.4, -0.2) is 114 Å². The Labute approximate surface area is 327 Å². The third-order valence-electron chi connectivity index (χ3n) is 10.5. The van der Waals surface area contributed by atoms with E-state index in [2.05, 4.69) is 29.9 Å². The second-order valence-corrected chi connectivity index (χ2v) is 20.6. The molecule has 57 heavy (non-hydrogen) atoms. The van der Waals surface area contributed by atoms with Crippen molar-refractivity contribution in [3.8, 4) is 0 Å². The van der Waals surface area contributed by atoms with Crippen LogP contribution < -0.4 is 17.0 Å². The van der Waals surface area contributed by atoms with Gasteiger partial charge in [-0.3, -0.25) is 41.8 Å². The number of carbonyl (C=O) groups excluding carboxylic acids is 1. The van der Waals surface area contributed by atoms with Crippen LogP contribution in [0, 0.1) is 16.7 Å². The highest BCUT2D eigenvalue weighted by Gasteiger charge is 2.74. The molecular formula is C31H42N10O13P2S. The summed E-state index contributed by atoms with van der Waals surface area (Å²) in [5.41, 5.74) is 9.90. The summed E-state index contributed by atoms with van der Waals surface area (Å²) in [5.74, 6) is -1.51. The highest BCUT2D eigenvalue weighted by molar-refractivity contribution is 8.55. The van der Waals surface area contributed by atoms with E-state index in [0.29, 0.717) is 29.0 Å². The third-order valence-corrected chi connectivity index (χ3v) is 15.3. The van der Waals surface area contributed by atoms with E-state index in [1.807, 2.05) is 0 Å². The predicted molar refractivity (Wildman–Crippen MR) is 199 cm³/mol. The van der Waals surface area contributed by atoms with Crippen LogP contribution in [0.4, 0.5) is 11.8 Å². The van der Waals surface area contributed by atoms with Gasteiger partial charge in [0.2, 0.25) is 5.95 Å². The monoisotopic (exact) mass is 856 g/mol. The average molecular weight is 857 g/mol. The molecule has 4 aliphatic rings. The molecule has 0 amide bonds. The number of aromatic amines is 1. The molecule has 2 saturated heterocycles. The first-order chi connectivity index (χ1) is 27.0. The van der Waals surface area contributed by atoms with E-state index in [9.17, 15) is 23.8 Å². The number of nitrogens with two attached hydrogens (primary N) is 2. The first-order valence-corrected chi connectivity index (χ1v) is 22.4. The number of carbonyl (C=O) groups is 1. The number of phosphoric ester groups is 1. The molecule has 4 aromatic rings. The van der Waals surface area contributed by atoms with Gasteiger partial charge in [0.25, 0.3) is 5.56 Å². The van der Waals surface area contributed by atoms with Gasteiger partial charge in [-0.15, -0.1) is 0 Å². The standard InChI is InChI=1S/C31H42N10O13P2S/c1-6-49-55(45)51-9-31-7-14(31)18(40-11-36-16-23(32)34-10-35-24(16)40)19(42)22(31)54-56(46,57-13-48-28(44)30(2,3)4)50-8-15-20(47-5)21(53-55)27(52-15)41-12-37-17-25(41)38-29(33)39-26(17)43/h10-12,14-15,18-22,27,42H,6-9,13H2,1-5H3,(H2,32,34,35)(H3,33,38,39,43)/t14-,15-,18-,19+,20-,21-,22+,27-,31?,55-,56-/m1/s1. The van der Waals surface area contributed by atoms with E-state index in [4.69, 9.17) is 48.3 Å². The van der Waals surface area contributed by atoms with Crippen molar-refractivity contribution in [3.05, 3.63) is 29.3 Å². The van der Waals surface area contributed by atoms with Crippen LogP contribution in [0.3, 0.4) is 0 Å². The number of nitrogens with one attached hydrogen (secondary N) is 1. The fourth-order valence-electron chi connectivity index (χ4n) is 7.72. The number of aromatic nitrogens is 8. The maximum atomic E-state index is 15.0. The van der Waals surface area contributed by atoms with E-state index < -0.39 is 98.2 Å². The number of esters is 1. The maximum Gasteiger partial charge on any atom is 0.475 e. The number of aliphatic hydroxyl groups excluding tert-OH is 1. The predicted octanol–water partition coefficient (Wildman–Crippen LogP) is 2.31. The van der Waals surface area contributed by atoms with Gasteiger partial charge >= 0.3 is 20.6 Å². The molecule has 26 heteroatoms. The fraction of sp³-hybridized carbons (Fsp3) is 0.645. The number of aliphatic hydroxyl groups is 1. The van der Waals surface area contributed by atoms with E-state index >= 15 is 0 Å². The summed E-state index contributed by atoms with van der Waals surface area (Å²) >= 11 is 0.593. The van der Waals surface area contributed by atoms with Crippen molar-refractivity contribution in [1.82, 2.24) is 39.0 Å². The molecule has 2 bridgehead atoms. The van der Waals surface area contributed by atoms with Gasteiger partial charge < -0.3 is 35.4 Å². The lowest BCUT2D eigenvalue weighted by Crippen LogP contribution is -2.38. The van der Waals surface area contributed by atoms with Crippen molar-refractivity contribution >= 4 is 66.1 Å². The summed E-state index contributed by atoms with van der Waals surface area (Å²) in [6, 6.07) is -0.769. The van der Waals surface area contributed by atoms with Crippen molar-refractivity contribution in [2.75, 3.05) is 44.3 Å². The normalized spacial score (nSPS) is 35.6. The zero-order valence-corrected chi connectivity index (χ0v) is 33.9. The van der Waals surface area contributed by atoms with E-state index in [1.165, 1.54) is 30.7 Å². The Morgan fingerprint density at radius 3 is 2.60 bits per heavy atom. The summed E-state index contributed by atoms with van der Waals surface area (Å²) in [4.78, 5) is 48.9. The number of imidazole rings is 2. The molecule has 1 spiro atoms. The second-order valence-electron chi connectivity index (χ2n) is 15.1. The van der Waals surface area contributed by atoms with E-state index in [1.54, 1.807) is 32.3 Å². The molecule has 310 valence electrons. The highest BCUT2D eigenvalue weighted by Crippen LogP contribution is 2.74. The molecule has 23 nitrogen and oxygen atoms in total. The van der Waals surface area contributed by atoms with Crippen LogP contribution in [0.15, 0.2) is 23.8 Å². The zero-order valence-electron chi connectivity index (χ0n) is 31.3. The Balaban J connectivity index is 1.19. The topological polar surface area (TPSA) is 304 Å². The third kappa shape index (κ3) is 7.07.